The van der Waals surface area contributed by atoms with Crippen molar-refractivity contribution in [3.8, 4) is 0 Å². The number of pyridine rings is 1. The third-order valence-electron chi connectivity index (χ3n) is 4.40. The van der Waals surface area contributed by atoms with Gasteiger partial charge in [-0.3, -0.25) is 4.98 Å². The molecular formula is C45H74N6. The quantitative estimate of drug-likeness (QED) is 0.157. The topological polar surface area (TPSA) is 77.3 Å². The van der Waals surface area contributed by atoms with E-state index in [2.05, 4.69) is 78.4 Å². The average molecular weight is 699 g/mol. The number of aryl methyl sites for hydroxylation is 3. The first-order valence-corrected chi connectivity index (χ1v) is 18.8. The third kappa shape index (κ3) is 45.2. The maximum Gasteiger partial charge on any atom is 0.129 e. The van der Waals surface area contributed by atoms with E-state index in [9.17, 15) is 0 Å². The molecule has 6 rings (SSSR count). The lowest BCUT2D eigenvalue weighted by Crippen LogP contribution is -1.91. The first-order chi connectivity index (χ1) is 25.1. The van der Waals surface area contributed by atoms with E-state index in [1.165, 1.54) is 17.1 Å². The van der Waals surface area contributed by atoms with Crippen LogP contribution in [0.4, 0.5) is 0 Å². The molecule has 51 heavy (non-hydrogen) atoms. The highest BCUT2D eigenvalue weighted by Gasteiger charge is 1.85. The number of nitrogens with zero attached hydrogens (tertiary/aromatic N) is 6. The molecule has 0 radical (unpaired) electrons. The lowest BCUT2D eigenvalue weighted by Gasteiger charge is -1.92. The van der Waals surface area contributed by atoms with Crippen molar-refractivity contribution in [3.63, 3.8) is 0 Å². The van der Waals surface area contributed by atoms with Gasteiger partial charge in [-0.2, -0.15) is 0 Å². The van der Waals surface area contributed by atoms with E-state index >= 15 is 0 Å². The number of hydrogen-bond acceptors (Lipinski definition) is 6. The molecule has 0 amide bonds. The van der Waals surface area contributed by atoms with E-state index in [-0.39, 0.29) is 0 Å². The molecule has 3 heterocycles. The Balaban J connectivity index is -0.000000115. The van der Waals surface area contributed by atoms with Gasteiger partial charge < -0.3 is 0 Å². The first-order valence-electron chi connectivity index (χ1n) is 18.8. The molecule has 0 unspecified atom stereocenters. The molecule has 0 bridgehead atoms. The smallest absolute Gasteiger partial charge is 0.129 e. The minimum absolute atomic E-state index is 0.775. The van der Waals surface area contributed by atoms with Gasteiger partial charge in [0.1, 0.15) is 23.8 Å². The highest BCUT2D eigenvalue weighted by atomic mass is 15.0. The Kier molecular flexibility index (Phi) is 65.7. The summed E-state index contributed by atoms with van der Waals surface area (Å²) in [5.74, 6) is 2.37. The largest absolute Gasteiger partial charge is 0.265 e. The number of rotatable bonds is 0. The van der Waals surface area contributed by atoms with Gasteiger partial charge in [0.05, 0.1) is 0 Å². The van der Waals surface area contributed by atoms with Gasteiger partial charge in [-0.05, 0) is 49.7 Å². The number of aromatic nitrogens is 6. The summed E-state index contributed by atoms with van der Waals surface area (Å²) >= 11 is 0. The molecule has 0 spiro atoms. The molecule has 284 valence electrons. The average Bonchev–Trinajstić information content (AvgIpc) is 3.25. The second-order valence-electron chi connectivity index (χ2n) is 7.40. The molecule has 6 aromatic rings. The molecule has 0 saturated heterocycles. The van der Waals surface area contributed by atoms with Crippen molar-refractivity contribution in [2.45, 2.75) is 118 Å². The highest BCUT2D eigenvalue weighted by Crippen LogP contribution is 2.11. The van der Waals surface area contributed by atoms with Crippen LogP contribution in [-0.2, 0) is 0 Å². The second kappa shape index (κ2) is 57.4. The fourth-order valence-electron chi connectivity index (χ4n) is 2.69. The Morgan fingerprint density at radius 2 is 0.588 bits per heavy atom. The van der Waals surface area contributed by atoms with Crippen molar-refractivity contribution in [1.82, 2.24) is 29.9 Å². The summed E-state index contributed by atoms with van der Waals surface area (Å²) in [7, 11) is 0. The highest BCUT2D eigenvalue weighted by molar-refractivity contribution is 5.82. The van der Waals surface area contributed by atoms with Crippen LogP contribution < -0.4 is 0 Å². The second-order valence-corrected chi connectivity index (χ2v) is 7.40. The van der Waals surface area contributed by atoms with Crippen LogP contribution >= 0.6 is 0 Å². The van der Waals surface area contributed by atoms with Crippen molar-refractivity contribution >= 4 is 10.8 Å². The molecule has 0 fully saturated rings. The molecule has 3 aromatic heterocycles. The van der Waals surface area contributed by atoms with E-state index in [1.54, 1.807) is 30.9 Å². The Morgan fingerprint density at radius 3 is 0.765 bits per heavy atom. The summed E-state index contributed by atoms with van der Waals surface area (Å²) in [4.78, 5) is 23.1. The summed E-state index contributed by atoms with van der Waals surface area (Å²) < 4.78 is 0. The minimum Gasteiger partial charge on any atom is -0.265 e. The molecule has 0 atom stereocenters. The van der Waals surface area contributed by atoms with Crippen LogP contribution in [-0.4, -0.2) is 29.9 Å². The van der Waals surface area contributed by atoms with Gasteiger partial charge in [-0.25, -0.2) is 24.9 Å². The Hall–Kier alpha value is -4.84. The molecular weight excluding hydrogens is 625 g/mol. The van der Waals surface area contributed by atoms with E-state index in [4.69, 9.17) is 0 Å². The van der Waals surface area contributed by atoms with Crippen molar-refractivity contribution in [3.05, 3.63) is 158 Å². The van der Waals surface area contributed by atoms with E-state index in [0.717, 1.165) is 17.5 Å². The summed E-state index contributed by atoms with van der Waals surface area (Å²) in [5.41, 5.74) is 0. The third-order valence-corrected chi connectivity index (χ3v) is 4.40. The molecule has 0 aliphatic rings. The summed E-state index contributed by atoms with van der Waals surface area (Å²) in [5, 5.41) is 2.62. The van der Waals surface area contributed by atoms with E-state index in [0.29, 0.717) is 0 Å². The molecule has 0 N–H and O–H groups in total. The van der Waals surface area contributed by atoms with Crippen LogP contribution in [0.25, 0.3) is 10.8 Å². The monoisotopic (exact) mass is 699 g/mol. The number of benzene rings is 3. The molecule has 3 aromatic carbocycles. The normalized spacial score (nSPS) is 7.31. The van der Waals surface area contributed by atoms with Crippen LogP contribution in [0, 0.1) is 20.8 Å². The van der Waals surface area contributed by atoms with Crippen LogP contribution in [0.3, 0.4) is 0 Å². The summed E-state index contributed by atoms with van der Waals surface area (Å²) in [6.07, 6.45) is 8.46. The summed E-state index contributed by atoms with van der Waals surface area (Å²) in [6.45, 7) is 33.5. The molecule has 0 aliphatic carbocycles. The van der Waals surface area contributed by atoms with Crippen LogP contribution in [0.2, 0.25) is 0 Å². The summed E-state index contributed by atoms with van der Waals surface area (Å²) in [6, 6.07) is 36.2. The van der Waals surface area contributed by atoms with Crippen LogP contribution in [0.5, 0.6) is 0 Å². The Labute approximate surface area is 315 Å². The Bertz CT molecular complexity index is 1180. The van der Waals surface area contributed by atoms with Crippen molar-refractivity contribution in [2.75, 3.05) is 0 Å². The zero-order chi connectivity index (χ0) is 40.4. The van der Waals surface area contributed by atoms with Crippen molar-refractivity contribution in [1.29, 1.82) is 0 Å². The Morgan fingerprint density at radius 1 is 0.294 bits per heavy atom. The molecule has 0 saturated carbocycles. The van der Waals surface area contributed by atoms with E-state index < -0.39 is 0 Å². The zero-order valence-electron chi connectivity index (χ0n) is 35.5. The van der Waals surface area contributed by atoms with Crippen LogP contribution in [0.15, 0.2) is 140 Å². The fourth-order valence-corrected chi connectivity index (χ4v) is 2.69. The van der Waals surface area contributed by atoms with Gasteiger partial charge in [0.2, 0.25) is 0 Å². The van der Waals surface area contributed by atoms with E-state index in [1.807, 2.05) is 172 Å². The van der Waals surface area contributed by atoms with Crippen LogP contribution in [0.1, 0.15) is 114 Å². The van der Waals surface area contributed by atoms with Crippen molar-refractivity contribution < 1.29 is 0 Å². The SMILES string of the molecule is CC.CC.CC.CC.CC.CC.CC.Cc1ncccn1.Cc1ncnc(C)n1.c1ccc2ccccc2c1.c1ccccc1.c1ccncc1. The maximum absolute atomic E-state index is 3.95. The minimum atomic E-state index is 0.775. The number of fused-ring (bicyclic) bond motifs is 1. The van der Waals surface area contributed by atoms with Gasteiger partial charge >= 0.3 is 0 Å². The van der Waals surface area contributed by atoms with Gasteiger partial charge in [-0.15, -0.1) is 0 Å². The standard InChI is InChI=1S/C10H8.C6H6.C5H7N3.C5H6N2.C5H5N.7C2H6/c1-2-6-10-8-4-3-7-9(10)5-1;1-2-4-6-5-3-1;1-4-6-3-7-5(2)8-4;1-5-6-3-2-4-7-5;1-2-4-6-5-3-1;7*1-2/h1-8H;1-6H;3H,1-2H3;2-4H,1H3;1-5H;7*1-2H3. The van der Waals surface area contributed by atoms with Crippen molar-refractivity contribution in [2.24, 2.45) is 0 Å². The molecule has 6 nitrogen and oxygen atoms in total. The number of hydrogen-bond donors (Lipinski definition) is 0. The maximum atomic E-state index is 3.95. The predicted molar refractivity (Wildman–Crippen MR) is 230 cm³/mol. The lowest BCUT2D eigenvalue weighted by atomic mass is 10.1. The van der Waals surface area contributed by atoms with Gasteiger partial charge in [0.25, 0.3) is 0 Å². The molecule has 6 heteroatoms. The molecule has 0 aliphatic heterocycles. The zero-order valence-corrected chi connectivity index (χ0v) is 35.5. The predicted octanol–water partition coefficient (Wildman–Crippen LogP) is 14.1. The van der Waals surface area contributed by atoms with Gasteiger partial charge in [0.15, 0.2) is 0 Å². The lowest BCUT2D eigenvalue weighted by molar-refractivity contribution is 0.920. The fraction of sp³-hybridized carbons (Fsp3) is 0.378. The first kappa shape index (κ1) is 58.4. The van der Waals surface area contributed by atoms with Gasteiger partial charge in [-0.1, -0.05) is 188 Å². The van der Waals surface area contributed by atoms with Gasteiger partial charge in [0, 0.05) is 24.8 Å².